The van der Waals surface area contributed by atoms with Gasteiger partial charge in [0.1, 0.15) is 17.6 Å². The molecule has 8 heteroatoms. The van der Waals surface area contributed by atoms with Gasteiger partial charge < -0.3 is 24.4 Å². The van der Waals surface area contributed by atoms with Crippen molar-refractivity contribution >= 4 is 17.8 Å². The maximum Gasteiger partial charge on any atom is 0.312 e. The summed E-state index contributed by atoms with van der Waals surface area (Å²) < 4.78 is 12.2. The first-order chi connectivity index (χ1) is 17.6. The number of esters is 1. The highest BCUT2D eigenvalue weighted by Crippen LogP contribution is 2.53. The molecule has 1 aliphatic carbocycles. The van der Waals surface area contributed by atoms with E-state index in [9.17, 15) is 14.4 Å². The summed E-state index contributed by atoms with van der Waals surface area (Å²) >= 11 is 0. The lowest BCUT2D eigenvalue weighted by molar-refractivity contribution is -0.155. The lowest BCUT2D eigenvalue weighted by Crippen LogP contribution is -2.57. The Balaban J connectivity index is 1.49. The normalized spacial score (nSPS) is 35.9. The third-order valence-corrected chi connectivity index (χ3v) is 8.70. The van der Waals surface area contributed by atoms with Crippen LogP contribution in [0, 0.1) is 11.8 Å². The van der Waals surface area contributed by atoms with Gasteiger partial charge in [0.15, 0.2) is 0 Å². The van der Waals surface area contributed by atoms with E-state index >= 15 is 0 Å². The van der Waals surface area contributed by atoms with Crippen molar-refractivity contribution in [1.29, 1.82) is 0 Å². The first-order valence-corrected chi connectivity index (χ1v) is 14.0. The predicted octanol–water partition coefficient (Wildman–Crippen LogP) is 2.74. The largest absolute Gasteiger partial charge is 0.465 e. The maximum absolute atomic E-state index is 14.3. The molecule has 0 bridgehead atoms. The highest BCUT2D eigenvalue weighted by molar-refractivity contribution is 5.99. The Kier molecular flexibility index (Phi) is 7.82. The van der Waals surface area contributed by atoms with Crippen LogP contribution in [0.1, 0.15) is 70.6 Å². The van der Waals surface area contributed by atoms with Crippen LogP contribution in [-0.2, 0) is 23.9 Å². The van der Waals surface area contributed by atoms with Gasteiger partial charge in [0.2, 0.25) is 11.8 Å². The minimum absolute atomic E-state index is 0.0538. The Morgan fingerprint density at radius 1 is 0.972 bits per heavy atom. The molecule has 5 aliphatic rings. The number of nitrogens with zero attached hydrogens (tertiary/aromatic N) is 2. The number of carbonyl (C=O) groups excluding carboxylic acids is 3. The van der Waals surface area contributed by atoms with E-state index in [0.717, 1.165) is 64.2 Å². The highest BCUT2D eigenvalue weighted by atomic mass is 16.6. The molecule has 2 amide bonds. The molecule has 1 unspecified atom stereocenters. The number of likely N-dealkylation sites (tertiary alicyclic amines) is 1. The molecule has 4 aliphatic heterocycles. The summed E-state index contributed by atoms with van der Waals surface area (Å²) in [5.41, 5.74) is -1.17. The fourth-order valence-corrected chi connectivity index (χ4v) is 6.98. The Labute approximate surface area is 213 Å². The Morgan fingerprint density at radius 3 is 2.58 bits per heavy atom. The zero-order chi connectivity index (χ0) is 25.1. The summed E-state index contributed by atoms with van der Waals surface area (Å²) in [4.78, 5) is 45.2. The van der Waals surface area contributed by atoms with Crippen LogP contribution >= 0.6 is 0 Å². The number of rotatable bonds is 7. The molecule has 3 fully saturated rings. The maximum atomic E-state index is 14.3. The summed E-state index contributed by atoms with van der Waals surface area (Å²) in [5.74, 6) is -2.16. The van der Waals surface area contributed by atoms with Gasteiger partial charge in [-0.25, -0.2) is 0 Å². The van der Waals surface area contributed by atoms with Crippen molar-refractivity contribution in [3.63, 3.8) is 0 Å². The average Bonchev–Trinajstić information content (AvgIpc) is 3.29. The van der Waals surface area contributed by atoms with Crippen molar-refractivity contribution in [3.8, 4) is 0 Å². The molecule has 8 nitrogen and oxygen atoms in total. The number of aliphatic hydroxyl groups excluding tert-OH is 1. The van der Waals surface area contributed by atoms with Crippen molar-refractivity contribution < 1.29 is 29.0 Å². The van der Waals surface area contributed by atoms with Crippen molar-refractivity contribution in [2.45, 2.75) is 94.4 Å². The Hall–Kier alpha value is -2.19. The number of ether oxygens (including phenoxy) is 2. The molecule has 1 saturated carbocycles. The van der Waals surface area contributed by atoms with Crippen LogP contribution in [0.25, 0.3) is 0 Å². The van der Waals surface area contributed by atoms with E-state index < -0.39 is 35.6 Å². The third kappa shape index (κ3) is 4.51. The molecule has 0 aromatic carbocycles. The van der Waals surface area contributed by atoms with Gasteiger partial charge in [0.25, 0.3) is 0 Å². The van der Waals surface area contributed by atoms with E-state index in [-0.39, 0.29) is 24.5 Å². The number of hydrogen-bond acceptors (Lipinski definition) is 6. The first-order valence-electron chi connectivity index (χ1n) is 14.0. The number of unbranched alkanes of at least 4 members (excludes halogenated alkanes) is 3. The predicted molar refractivity (Wildman–Crippen MR) is 133 cm³/mol. The minimum Gasteiger partial charge on any atom is -0.465 e. The number of hydrogen-bond donors (Lipinski definition) is 1. The monoisotopic (exact) mass is 500 g/mol. The second kappa shape index (κ2) is 11.1. The van der Waals surface area contributed by atoms with Crippen LogP contribution in [0.15, 0.2) is 24.3 Å². The molecule has 0 aromatic heterocycles. The standard InChI is InChI=1S/C28H40N2O6/c31-18-9-2-1-8-16-30-24-26(33)29(20-12-5-3-6-13-20)17-11-15-28(24)23(25(30)32)22-21(36-28)14-7-4-10-19-35-27(22)34/h7,11,14-15,20-24,31H,1-6,8-10,12-13,16-19H2/b14-7-/t21-,22+,23+,24?,28+/m1/s1. The van der Waals surface area contributed by atoms with Gasteiger partial charge in [-0.3, -0.25) is 14.4 Å². The molecule has 1 N–H and O–H groups in total. The number of allylic oxidation sites excluding steroid dienone is 1. The molecule has 36 heavy (non-hydrogen) atoms. The fraction of sp³-hybridized carbons (Fsp3) is 0.750. The van der Waals surface area contributed by atoms with Crippen molar-refractivity contribution in [2.24, 2.45) is 11.8 Å². The molecule has 0 radical (unpaired) electrons. The van der Waals surface area contributed by atoms with Crippen molar-refractivity contribution in [1.82, 2.24) is 9.80 Å². The van der Waals surface area contributed by atoms with E-state index in [1.807, 2.05) is 29.2 Å². The van der Waals surface area contributed by atoms with Crippen molar-refractivity contribution in [3.05, 3.63) is 24.3 Å². The lowest BCUT2D eigenvalue weighted by atomic mass is 9.78. The van der Waals surface area contributed by atoms with Crippen LogP contribution in [0.2, 0.25) is 0 Å². The van der Waals surface area contributed by atoms with Crippen LogP contribution in [-0.4, -0.2) is 82.8 Å². The minimum atomic E-state index is -1.17. The number of carbonyl (C=O) groups is 3. The highest BCUT2D eigenvalue weighted by Gasteiger charge is 2.71. The molecular formula is C28H40N2O6. The SMILES string of the molecule is O=C1OCCC/C=C\[C@H]2O[C@]34C=CCN(C5CCCCC5)C(=O)C3N(CCCCCCO)C(=O)[C@@H]4[C@@H]12. The molecule has 4 heterocycles. The Morgan fingerprint density at radius 2 is 1.78 bits per heavy atom. The van der Waals surface area contributed by atoms with Crippen LogP contribution < -0.4 is 0 Å². The smallest absolute Gasteiger partial charge is 0.312 e. The number of cyclic esters (lactones) is 1. The topological polar surface area (TPSA) is 96.4 Å². The van der Waals surface area contributed by atoms with Gasteiger partial charge in [-0.05, 0) is 38.5 Å². The molecule has 2 saturated heterocycles. The van der Waals surface area contributed by atoms with Gasteiger partial charge in [-0.15, -0.1) is 0 Å². The number of amides is 2. The van der Waals surface area contributed by atoms with Crippen molar-refractivity contribution in [2.75, 3.05) is 26.3 Å². The van der Waals surface area contributed by atoms with Crippen LogP contribution in [0.4, 0.5) is 0 Å². The summed E-state index contributed by atoms with van der Waals surface area (Å²) in [6, 6.07) is -0.597. The zero-order valence-electron chi connectivity index (χ0n) is 21.2. The van der Waals surface area contributed by atoms with Gasteiger partial charge in [-0.2, -0.15) is 0 Å². The molecule has 198 valence electrons. The van der Waals surface area contributed by atoms with Gasteiger partial charge in [-0.1, -0.05) is 56.4 Å². The van der Waals surface area contributed by atoms with Crippen LogP contribution in [0.5, 0.6) is 0 Å². The molecule has 5 atom stereocenters. The summed E-state index contributed by atoms with van der Waals surface area (Å²) in [6.07, 6.45) is 17.3. The molecular weight excluding hydrogens is 460 g/mol. The van der Waals surface area contributed by atoms with Gasteiger partial charge in [0, 0.05) is 25.7 Å². The van der Waals surface area contributed by atoms with Gasteiger partial charge >= 0.3 is 5.97 Å². The van der Waals surface area contributed by atoms with Crippen LogP contribution in [0.3, 0.4) is 0 Å². The summed E-state index contributed by atoms with van der Waals surface area (Å²) in [7, 11) is 0. The quantitative estimate of drug-likeness (QED) is 0.328. The number of fused-ring (bicyclic) bond motifs is 2. The fourth-order valence-electron chi connectivity index (χ4n) is 6.98. The van der Waals surface area contributed by atoms with E-state index in [4.69, 9.17) is 14.6 Å². The molecule has 0 aromatic rings. The number of aliphatic hydroxyl groups is 1. The summed E-state index contributed by atoms with van der Waals surface area (Å²) in [6.45, 7) is 1.42. The van der Waals surface area contributed by atoms with E-state index in [0.29, 0.717) is 19.7 Å². The van der Waals surface area contributed by atoms with Gasteiger partial charge in [0.05, 0.1) is 18.6 Å². The molecule has 5 rings (SSSR count). The Bertz CT molecular complexity index is 896. The third-order valence-electron chi connectivity index (χ3n) is 8.70. The second-order valence-corrected chi connectivity index (χ2v) is 10.9. The average molecular weight is 501 g/mol. The first kappa shape index (κ1) is 25.5. The summed E-state index contributed by atoms with van der Waals surface area (Å²) in [5, 5.41) is 9.11. The molecule has 1 spiro atoms. The lowest BCUT2D eigenvalue weighted by Gasteiger charge is -2.39. The zero-order valence-corrected chi connectivity index (χ0v) is 21.2. The van der Waals surface area contributed by atoms with E-state index in [1.165, 1.54) is 6.42 Å². The van der Waals surface area contributed by atoms with E-state index in [1.54, 1.807) is 4.90 Å². The van der Waals surface area contributed by atoms with E-state index in [2.05, 4.69) is 0 Å². The second-order valence-electron chi connectivity index (χ2n) is 10.9.